The maximum absolute atomic E-state index is 13.3. The first-order chi connectivity index (χ1) is 17.4. The fraction of sp³-hybridized carbons (Fsp3) is 0.0909. The van der Waals surface area contributed by atoms with Gasteiger partial charge in [-0.2, -0.15) is 26.3 Å². The van der Waals surface area contributed by atoms with Crippen LogP contribution in [0.1, 0.15) is 5.56 Å². The van der Waals surface area contributed by atoms with Gasteiger partial charge in [0.15, 0.2) is 5.82 Å². The summed E-state index contributed by atoms with van der Waals surface area (Å²) in [7, 11) is 0. The Morgan fingerprint density at radius 2 is 1.65 bits per heavy atom. The van der Waals surface area contributed by atoms with Crippen LogP contribution in [0.2, 0.25) is 5.02 Å². The minimum absolute atomic E-state index is 0.0201. The zero-order chi connectivity index (χ0) is 26.8. The molecule has 0 amide bonds. The number of carbonyl (C=O) groups is 1. The number of benzene rings is 2. The number of nitrogens with zero attached hydrogens (tertiary/aromatic N) is 4. The van der Waals surface area contributed by atoms with E-state index in [2.05, 4.69) is 25.0 Å². The van der Waals surface area contributed by atoms with Crippen molar-refractivity contribution < 1.29 is 40.7 Å². The van der Waals surface area contributed by atoms with Gasteiger partial charge < -0.3 is 14.6 Å². The van der Waals surface area contributed by atoms with E-state index in [4.69, 9.17) is 16.3 Å². The average molecular weight is 544 g/mol. The topological polar surface area (TPSA) is 93.2 Å². The zero-order valence-electron chi connectivity index (χ0n) is 18.0. The first-order valence-electron chi connectivity index (χ1n) is 9.99. The highest BCUT2D eigenvalue weighted by Crippen LogP contribution is 2.38. The lowest BCUT2D eigenvalue weighted by Gasteiger charge is -2.21. The number of nitrogens with one attached hydrogen (secondary N) is 1. The van der Waals surface area contributed by atoms with Crippen molar-refractivity contribution in [2.45, 2.75) is 12.4 Å². The van der Waals surface area contributed by atoms with Gasteiger partial charge in [-0.05, 0) is 42.5 Å². The van der Waals surface area contributed by atoms with E-state index in [1.165, 1.54) is 18.5 Å². The Morgan fingerprint density at radius 1 is 0.919 bits per heavy atom. The van der Waals surface area contributed by atoms with Gasteiger partial charge in [-0.25, -0.2) is 4.79 Å². The van der Waals surface area contributed by atoms with Crippen molar-refractivity contribution in [3.05, 3.63) is 77.6 Å². The third-order valence-electron chi connectivity index (χ3n) is 4.56. The number of pyridine rings is 1. The number of carbonyl (C=O) groups excluding carboxylic acids is 1. The SMILES string of the molecule is O=C(ON(c1ccc(Cl)c(C(F)(F)F)c1)c1nnc(-c2cccc(Oc3ccncc3)c2)[nH]1)C(F)(F)F. The largest absolute Gasteiger partial charge is 0.493 e. The molecule has 0 aliphatic heterocycles. The van der Waals surface area contributed by atoms with Crippen LogP contribution in [0.4, 0.5) is 38.0 Å². The minimum atomic E-state index is -5.46. The second-order valence-corrected chi connectivity index (χ2v) is 7.55. The number of hydrogen-bond acceptors (Lipinski definition) is 7. The quantitative estimate of drug-likeness (QED) is 0.219. The smallest absolute Gasteiger partial charge is 0.457 e. The molecule has 37 heavy (non-hydrogen) atoms. The molecule has 4 rings (SSSR count). The summed E-state index contributed by atoms with van der Waals surface area (Å²) in [5.74, 6) is -2.52. The molecule has 2 aromatic carbocycles. The second-order valence-electron chi connectivity index (χ2n) is 7.14. The molecule has 0 fully saturated rings. The summed E-state index contributed by atoms with van der Waals surface area (Å²) in [4.78, 5) is 22.3. The third-order valence-corrected chi connectivity index (χ3v) is 4.89. The summed E-state index contributed by atoms with van der Waals surface area (Å²) in [5, 5.41) is 6.86. The van der Waals surface area contributed by atoms with Crippen LogP contribution in [0.25, 0.3) is 11.4 Å². The number of anilines is 2. The summed E-state index contributed by atoms with van der Waals surface area (Å²) >= 11 is 5.59. The van der Waals surface area contributed by atoms with E-state index < -0.39 is 40.5 Å². The van der Waals surface area contributed by atoms with E-state index >= 15 is 0 Å². The second kappa shape index (κ2) is 9.97. The first-order valence-corrected chi connectivity index (χ1v) is 10.4. The molecule has 2 heterocycles. The Morgan fingerprint density at radius 3 is 2.32 bits per heavy atom. The summed E-state index contributed by atoms with van der Waals surface area (Å²) in [6, 6.07) is 11.6. The van der Waals surface area contributed by atoms with E-state index in [-0.39, 0.29) is 10.9 Å². The van der Waals surface area contributed by atoms with Crippen molar-refractivity contribution in [2.24, 2.45) is 0 Å². The van der Waals surface area contributed by atoms with Gasteiger partial charge in [0.25, 0.3) is 5.95 Å². The Hall–Kier alpha value is -4.33. The lowest BCUT2D eigenvalue weighted by molar-refractivity contribution is -0.200. The van der Waals surface area contributed by atoms with Gasteiger partial charge in [-0.3, -0.25) is 4.98 Å². The van der Waals surface area contributed by atoms with E-state index in [0.29, 0.717) is 23.1 Å². The molecule has 2 aromatic heterocycles. The molecular formula is C22H12ClF6N5O3. The van der Waals surface area contributed by atoms with Gasteiger partial charge in [-0.15, -0.1) is 15.3 Å². The third kappa shape index (κ3) is 6.09. The predicted molar refractivity (Wildman–Crippen MR) is 117 cm³/mol. The number of aromatic nitrogens is 4. The number of ether oxygens (including phenoxy) is 1. The molecule has 4 aromatic rings. The fourth-order valence-electron chi connectivity index (χ4n) is 2.93. The predicted octanol–water partition coefficient (Wildman–Crippen LogP) is 6.49. The molecule has 15 heteroatoms. The van der Waals surface area contributed by atoms with Crippen LogP contribution < -0.4 is 9.80 Å². The standard InChI is InChI=1S/C22H12ClF6N5O3/c23-17-5-4-13(11-16(17)21(24,25)26)34(37-19(35)22(27,28)29)20-31-18(32-33-20)12-2-1-3-15(10-12)36-14-6-8-30-9-7-14/h1-11H,(H,31,32,33). The van der Waals surface area contributed by atoms with E-state index in [0.717, 1.165) is 12.1 Å². The van der Waals surface area contributed by atoms with Crippen molar-refractivity contribution in [3.8, 4) is 22.9 Å². The molecule has 0 saturated carbocycles. The Labute approximate surface area is 208 Å². The molecule has 192 valence electrons. The zero-order valence-corrected chi connectivity index (χ0v) is 18.8. The van der Waals surface area contributed by atoms with Gasteiger partial charge in [0.2, 0.25) is 0 Å². The van der Waals surface area contributed by atoms with Gasteiger partial charge >= 0.3 is 18.3 Å². The molecule has 8 nitrogen and oxygen atoms in total. The number of alkyl halides is 6. The van der Waals surface area contributed by atoms with Crippen LogP contribution in [0, 0.1) is 0 Å². The van der Waals surface area contributed by atoms with Gasteiger partial charge in [-0.1, -0.05) is 23.7 Å². The highest BCUT2D eigenvalue weighted by molar-refractivity contribution is 6.31. The molecule has 0 aliphatic rings. The van der Waals surface area contributed by atoms with E-state index in [1.807, 2.05) is 0 Å². The molecular weight excluding hydrogens is 532 g/mol. The number of rotatable bonds is 6. The normalized spacial score (nSPS) is 11.8. The van der Waals surface area contributed by atoms with Crippen molar-refractivity contribution in [2.75, 3.05) is 5.06 Å². The minimum Gasteiger partial charge on any atom is -0.457 e. The van der Waals surface area contributed by atoms with Crippen LogP contribution in [0.15, 0.2) is 67.0 Å². The number of hydrogen-bond donors (Lipinski definition) is 1. The molecule has 0 spiro atoms. The average Bonchev–Trinajstić information content (AvgIpc) is 3.32. The monoisotopic (exact) mass is 543 g/mol. The fourth-order valence-corrected chi connectivity index (χ4v) is 3.16. The van der Waals surface area contributed by atoms with Gasteiger partial charge in [0.1, 0.15) is 11.5 Å². The first kappa shape index (κ1) is 25.8. The maximum atomic E-state index is 13.3. The van der Waals surface area contributed by atoms with Gasteiger partial charge in [0.05, 0.1) is 16.3 Å². The van der Waals surface area contributed by atoms with Crippen LogP contribution >= 0.6 is 11.6 Å². The number of halogens is 7. The lowest BCUT2D eigenvalue weighted by atomic mass is 10.2. The van der Waals surface area contributed by atoms with E-state index in [1.54, 1.807) is 30.3 Å². The molecule has 0 bridgehead atoms. The molecule has 0 aliphatic carbocycles. The summed E-state index contributed by atoms with van der Waals surface area (Å²) in [5.41, 5.74) is -1.66. The Bertz CT molecular complexity index is 1410. The van der Waals surface area contributed by atoms with Crippen LogP contribution in [0.3, 0.4) is 0 Å². The van der Waals surface area contributed by atoms with Crippen molar-refractivity contribution in [3.63, 3.8) is 0 Å². The Kier molecular flexibility index (Phi) is 6.94. The molecule has 0 saturated heterocycles. The summed E-state index contributed by atoms with van der Waals surface area (Å²) in [6.07, 6.45) is -7.38. The van der Waals surface area contributed by atoms with Crippen molar-refractivity contribution in [1.82, 2.24) is 20.2 Å². The summed E-state index contributed by atoms with van der Waals surface area (Å²) in [6.45, 7) is 0. The molecule has 1 N–H and O–H groups in total. The van der Waals surface area contributed by atoms with Gasteiger partial charge in [0, 0.05) is 18.0 Å². The number of H-pyrrole nitrogens is 1. The molecule has 0 atom stereocenters. The highest BCUT2D eigenvalue weighted by Gasteiger charge is 2.44. The van der Waals surface area contributed by atoms with Crippen LogP contribution in [-0.2, 0) is 15.8 Å². The summed E-state index contributed by atoms with van der Waals surface area (Å²) < 4.78 is 84.4. The Balaban J connectivity index is 1.70. The van der Waals surface area contributed by atoms with Crippen molar-refractivity contribution in [1.29, 1.82) is 0 Å². The maximum Gasteiger partial charge on any atom is 0.493 e. The molecule has 0 unspecified atom stereocenters. The lowest BCUT2D eigenvalue weighted by Crippen LogP contribution is -2.33. The highest BCUT2D eigenvalue weighted by atomic mass is 35.5. The van der Waals surface area contributed by atoms with Crippen molar-refractivity contribution >= 4 is 29.2 Å². The van der Waals surface area contributed by atoms with Crippen LogP contribution in [-0.4, -0.2) is 32.3 Å². The van der Waals surface area contributed by atoms with Crippen LogP contribution in [0.5, 0.6) is 11.5 Å². The van der Waals surface area contributed by atoms with E-state index in [9.17, 15) is 31.1 Å². The number of aromatic amines is 1. The molecule has 0 radical (unpaired) electrons.